The lowest BCUT2D eigenvalue weighted by Gasteiger charge is -2.18. The fourth-order valence-electron chi connectivity index (χ4n) is 1.74. The molecule has 0 unspecified atom stereocenters. The molecule has 0 amide bonds. The smallest absolute Gasteiger partial charge is 0.345 e. The van der Waals surface area contributed by atoms with Gasteiger partial charge in [0, 0.05) is 6.07 Å². The molecular formula is C18H18O4. The zero-order chi connectivity index (χ0) is 16.2. The molecule has 0 saturated carbocycles. The van der Waals surface area contributed by atoms with E-state index in [0.717, 1.165) is 11.8 Å². The molecule has 0 aliphatic carbocycles. The van der Waals surface area contributed by atoms with Crippen molar-refractivity contribution in [2.24, 2.45) is 0 Å². The molecule has 0 N–H and O–H groups in total. The monoisotopic (exact) mass is 298 g/mol. The number of esters is 1. The van der Waals surface area contributed by atoms with Crippen LogP contribution in [0.5, 0.6) is 0 Å². The second-order valence-electron chi connectivity index (χ2n) is 5.81. The topological polar surface area (TPSA) is 56.5 Å². The zero-order valence-corrected chi connectivity index (χ0v) is 12.8. The molecule has 4 nitrogen and oxygen atoms in total. The van der Waals surface area contributed by atoms with Crippen molar-refractivity contribution in [1.82, 2.24) is 0 Å². The van der Waals surface area contributed by atoms with Gasteiger partial charge in [-0.3, -0.25) is 4.79 Å². The lowest BCUT2D eigenvalue weighted by atomic mass is 10.2. The molecule has 0 bridgehead atoms. The highest BCUT2D eigenvalue weighted by Gasteiger charge is 2.20. The van der Waals surface area contributed by atoms with Gasteiger partial charge in [-0.25, -0.2) is 4.79 Å². The average Bonchev–Trinajstić information content (AvgIpc) is 2.44. The van der Waals surface area contributed by atoms with Crippen LogP contribution in [0.25, 0.3) is 12.2 Å². The van der Waals surface area contributed by atoms with Gasteiger partial charge in [0.15, 0.2) is 5.43 Å². The van der Waals surface area contributed by atoms with Crippen LogP contribution >= 0.6 is 0 Å². The first-order valence-corrected chi connectivity index (χ1v) is 6.94. The molecule has 0 aliphatic heterocycles. The summed E-state index contributed by atoms with van der Waals surface area (Å²) in [6.07, 6.45) is 4.64. The van der Waals surface area contributed by atoms with Crippen LogP contribution in [0, 0.1) is 0 Å². The second-order valence-corrected chi connectivity index (χ2v) is 5.81. The maximum absolute atomic E-state index is 12.0. The summed E-state index contributed by atoms with van der Waals surface area (Å²) >= 11 is 0. The van der Waals surface area contributed by atoms with Crippen molar-refractivity contribution < 1.29 is 13.9 Å². The first-order valence-electron chi connectivity index (χ1n) is 6.94. The van der Waals surface area contributed by atoms with Gasteiger partial charge in [-0.15, -0.1) is 0 Å². The van der Waals surface area contributed by atoms with Gasteiger partial charge in [0.2, 0.25) is 0 Å². The standard InChI is InChI=1S/C18H18O4/c1-18(2,3)22-17(20)15-12-21-14(11-16(15)19)10-9-13-7-5-4-6-8-13/h4-12H,1-3H3/b10-9+. The van der Waals surface area contributed by atoms with Gasteiger partial charge >= 0.3 is 5.97 Å². The van der Waals surface area contributed by atoms with Gasteiger partial charge in [0.05, 0.1) is 0 Å². The van der Waals surface area contributed by atoms with Gasteiger partial charge in [0.25, 0.3) is 0 Å². The third kappa shape index (κ3) is 4.45. The maximum Gasteiger partial charge on any atom is 0.345 e. The first kappa shape index (κ1) is 15.8. The highest BCUT2D eigenvalue weighted by atomic mass is 16.6. The number of benzene rings is 1. The van der Waals surface area contributed by atoms with E-state index in [9.17, 15) is 9.59 Å². The normalized spacial score (nSPS) is 11.6. The van der Waals surface area contributed by atoms with E-state index in [0.29, 0.717) is 5.76 Å². The molecule has 0 fully saturated rings. The summed E-state index contributed by atoms with van der Waals surface area (Å²) in [5.41, 5.74) is -0.198. The number of carbonyl (C=O) groups is 1. The highest BCUT2D eigenvalue weighted by molar-refractivity contribution is 5.89. The summed E-state index contributed by atoms with van der Waals surface area (Å²) in [6.45, 7) is 5.22. The Kier molecular flexibility index (Phi) is 4.61. The predicted molar refractivity (Wildman–Crippen MR) is 85.5 cm³/mol. The Morgan fingerprint density at radius 3 is 2.41 bits per heavy atom. The van der Waals surface area contributed by atoms with E-state index in [4.69, 9.17) is 9.15 Å². The number of hydrogen-bond donors (Lipinski definition) is 0. The van der Waals surface area contributed by atoms with Gasteiger partial charge in [0.1, 0.15) is 23.2 Å². The summed E-state index contributed by atoms with van der Waals surface area (Å²) in [5, 5.41) is 0. The van der Waals surface area contributed by atoms with Gasteiger partial charge < -0.3 is 9.15 Å². The van der Waals surface area contributed by atoms with E-state index in [1.165, 1.54) is 6.07 Å². The van der Waals surface area contributed by atoms with Gasteiger partial charge in [-0.1, -0.05) is 36.4 Å². The Labute approximate surface area is 129 Å². The zero-order valence-electron chi connectivity index (χ0n) is 12.8. The molecule has 1 aromatic heterocycles. The van der Waals surface area contributed by atoms with Crippen LogP contribution in [-0.4, -0.2) is 11.6 Å². The molecule has 2 rings (SSSR count). The Bertz CT molecular complexity index is 734. The van der Waals surface area contributed by atoms with E-state index in [2.05, 4.69) is 0 Å². The van der Waals surface area contributed by atoms with Crippen molar-refractivity contribution in [3.63, 3.8) is 0 Å². The van der Waals surface area contributed by atoms with Crippen LogP contribution in [0.2, 0.25) is 0 Å². The summed E-state index contributed by atoms with van der Waals surface area (Å²) in [6, 6.07) is 10.9. The van der Waals surface area contributed by atoms with Gasteiger partial charge in [-0.2, -0.15) is 0 Å². The third-order valence-corrected chi connectivity index (χ3v) is 2.71. The quantitative estimate of drug-likeness (QED) is 0.809. The van der Waals surface area contributed by atoms with E-state index >= 15 is 0 Å². The minimum absolute atomic E-state index is 0.105. The van der Waals surface area contributed by atoms with Crippen molar-refractivity contribution in [3.8, 4) is 0 Å². The molecule has 4 heteroatoms. The Morgan fingerprint density at radius 2 is 1.82 bits per heavy atom. The Morgan fingerprint density at radius 1 is 1.14 bits per heavy atom. The van der Waals surface area contributed by atoms with Crippen molar-refractivity contribution >= 4 is 18.1 Å². The van der Waals surface area contributed by atoms with Gasteiger partial charge in [-0.05, 0) is 32.4 Å². The van der Waals surface area contributed by atoms with Crippen LogP contribution < -0.4 is 5.43 Å². The maximum atomic E-state index is 12.0. The van der Waals surface area contributed by atoms with Crippen molar-refractivity contribution in [2.45, 2.75) is 26.4 Å². The minimum Gasteiger partial charge on any atom is -0.464 e. The van der Waals surface area contributed by atoms with E-state index in [1.807, 2.05) is 36.4 Å². The highest BCUT2D eigenvalue weighted by Crippen LogP contribution is 2.11. The molecule has 0 spiro atoms. The fraction of sp³-hybridized carbons (Fsp3) is 0.222. The SMILES string of the molecule is CC(C)(C)OC(=O)c1coc(/C=C/c2ccccc2)cc1=O. The number of carbonyl (C=O) groups excluding carboxylic acids is 1. The molecule has 1 aromatic carbocycles. The summed E-state index contributed by atoms with van der Waals surface area (Å²) < 4.78 is 10.5. The fourth-order valence-corrected chi connectivity index (χ4v) is 1.74. The largest absolute Gasteiger partial charge is 0.464 e. The molecule has 2 aromatic rings. The minimum atomic E-state index is -0.681. The molecule has 114 valence electrons. The van der Waals surface area contributed by atoms with Crippen LogP contribution in [0.4, 0.5) is 0 Å². The molecule has 0 atom stereocenters. The molecule has 1 heterocycles. The van der Waals surface area contributed by atoms with Crippen LogP contribution in [0.1, 0.15) is 42.5 Å². The lowest BCUT2D eigenvalue weighted by Crippen LogP contribution is -2.27. The Balaban J connectivity index is 2.18. The average molecular weight is 298 g/mol. The van der Waals surface area contributed by atoms with E-state index in [1.54, 1.807) is 26.8 Å². The lowest BCUT2D eigenvalue weighted by molar-refractivity contribution is 0.00655. The molecule has 0 radical (unpaired) electrons. The van der Waals surface area contributed by atoms with Crippen LogP contribution in [0.3, 0.4) is 0 Å². The number of ether oxygens (including phenoxy) is 1. The summed E-state index contributed by atoms with van der Waals surface area (Å²) in [5.74, 6) is -0.305. The van der Waals surface area contributed by atoms with Crippen LogP contribution in [-0.2, 0) is 4.74 Å². The Hall–Kier alpha value is -2.62. The molecule has 0 aliphatic rings. The summed E-state index contributed by atoms with van der Waals surface area (Å²) in [4.78, 5) is 23.9. The van der Waals surface area contributed by atoms with Crippen molar-refractivity contribution in [2.75, 3.05) is 0 Å². The molecular weight excluding hydrogens is 280 g/mol. The van der Waals surface area contributed by atoms with Crippen molar-refractivity contribution in [3.05, 3.63) is 69.8 Å². The summed E-state index contributed by atoms with van der Waals surface area (Å²) in [7, 11) is 0. The van der Waals surface area contributed by atoms with E-state index < -0.39 is 17.0 Å². The second kappa shape index (κ2) is 6.43. The first-order chi connectivity index (χ1) is 10.3. The number of rotatable bonds is 3. The molecule has 0 saturated heterocycles. The molecule has 22 heavy (non-hydrogen) atoms. The number of hydrogen-bond acceptors (Lipinski definition) is 4. The predicted octanol–water partition coefficient (Wildman–Crippen LogP) is 3.77. The third-order valence-electron chi connectivity index (χ3n) is 2.71. The van der Waals surface area contributed by atoms with E-state index in [-0.39, 0.29) is 5.56 Å². The van der Waals surface area contributed by atoms with Crippen molar-refractivity contribution in [1.29, 1.82) is 0 Å². The van der Waals surface area contributed by atoms with Crippen LogP contribution in [0.15, 0.2) is 51.9 Å².